The van der Waals surface area contributed by atoms with Crippen LogP contribution in [-0.4, -0.2) is 18.1 Å². The number of hydrogen-bond donors (Lipinski definition) is 1. The van der Waals surface area contributed by atoms with Gasteiger partial charge in [-0.25, -0.2) is 4.79 Å². The number of fused-ring (bicyclic) bond motifs is 2. The highest BCUT2D eigenvalue weighted by Crippen LogP contribution is 2.36. The van der Waals surface area contributed by atoms with Gasteiger partial charge in [-0.1, -0.05) is 6.07 Å². The van der Waals surface area contributed by atoms with E-state index < -0.39 is 13.1 Å². The first-order chi connectivity index (χ1) is 12.4. The Morgan fingerprint density at radius 1 is 1.43 bits per heavy atom. The van der Waals surface area contributed by atoms with Gasteiger partial charge in [-0.05, 0) is 48.1 Å². The third-order valence-corrected chi connectivity index (χ3v) is 4.60. The molecule has 118 valence electrons. The van der Waals surface area contributed by atoms with Gasteiger partial charge in [0.25, 0.3) is 0 Å². The molecule has 1 aliphatic carbocycles. The number of carbonyl (C=O) groups excluding carboxylic acids is 1. The Morgan fingerprint density at radius 3 is 3.22 bits per heavy atom. The van der Waals surface area contributed by atoms with Crippen LogP contribution in [0.25, 0.3) is 11.1 Å². The van der Waals surface area contributed by atoms with Gasteiger partial charge in [0.2, 0.25) is 0 Å². The molecule has 1 atom stereocenters. The summed E-state index contributed by atoms with van der Waals surface area (Å²) in [5, 5.41) is 0. The third-order valence-electron chi connectivity index (χ3n) is 4.60. The Bertz CT molecular complexity index is 882. The van der Waals surface area contributed by atoms with Crippen LogP contribution < -0.4 is 10.6 Å². The number of rotatable bonds is 1. The summed E-state index contributed by atoms with van der Waals surface area (Å²) < 4.78 is 27.8. The average molecular weight is 312 g/mol. The Morgan fingerprint density at radius 2 is 2.35 bits per heavy atom. The van der Waals surface area contributed by atoms with Crippen molar-refractivity contribution < 1.29 is 13.6 Å². The molecule has 2 aromatic rings. The molecule has 4 rings (SSSR count). The zero-order valence-electron chi connectivity index (χ0n) is 15.6. The summed E-state index contributed by atoms with van der Waals surface area (Å²) in [6, 6.07) is 5.36. The van der Waals surface area contributed by atoms with Crippen LogP contribution in [0.2, 0.25) is 0 Å². The molecule has 0 spiro atoms. The summed E-state index contributed by atoms with van der Waals surface area (Å²) >= 11 is 0. The lowest BCUT2D eigenvalue weighted by Gasteiger charge is -2.27. The second kappa shape index (κ2) is 5.35. The summed E-state index contributed by atoms with van der Waals surface area (Å²) in [5.74, 6) is 0. The van der Waals surface area contributed by atoms with Gasteiger partial charge < -0.3 is 10.5 Å². The van der Waals surface area contributed by atoms with E-state index in [9.17, 15) is 4.79 Å². The van der Waals surface area contributed by atoms with Crippen LogP contribution in [0.15, 0.2) is 30.6 Å². The minimum absolute atomic E-state index is 0.00386. The summed E-state index contributed by atoms with van der Waals surface area (Å²) in [7, 11) is 0. The number of amides is 1. The van der Waals surface area contributed by atoms with Gasteiger partial charge in [0.1, 0.15) is 6.61 Å². The minimum atomic E-state index is -2.59. The monoisotopic (exact) mass is 312 g/mol. The van der Waals surface area contributed by atoms with E-state index in [1.54, 1.807) is 6.07 Å². The number of hydrogen-bond acceptors (Lipinski definition) is 4. The molecule has 23 heavy (non-hydrogen) atoms. The molecule has 1 aromatic carbocycles. The largest absolute Gasteiger partial charge is 0.444 e. The Balaban J connectivity index is 1.80. The van der Waals surface area contributed by atoms with Crippen LogP contribution >= 0.6 is 0 Å². The van der Waals surface area contributed by atoms with E-state index >= 15 is 0 Å². The van der Waals surface area contributed by atoms with Crippen LogP contribution in [0, 0.1) is 0 Å². The van der Waals surface area contributed by atoms with E-state index in [2.05, 4.69) is 4.98 Å². The number of carbonyl (C=O) groups is 1. The number of nitrogens with zero attached hydrogens (tertiary/aromatic N) is 2. The van der Waals surface area contributed by atoms with Gasteiger partial charge in [0, 0.05) is 40.7 Å². The Labute approximate surface area is 139 Å². The van der Waals surface area contributed by atoms with E-state index in [1.807, 2.05) is 24.5 Å². The molecule has 0 saturated carbocycles. The molecule has 0 fully saturated rings. The molecule has 5 nitrogen and oxygen atoms in total. The van der Waals surface area contributed by atoms with Crippen LogP contribution in [0.1, 0.15) is 39.7 Å². The fourth-order valence-electron chi connectivity index (χ4n) is 3.39. The van der Waals surface area contributed by atoms with E-state index in [0.29, 0.717) is 11.3 Å². The molecule has 2 N–H and O–H groups in total. The van der Waals surface area contributed by atoms with E-state index in [1.165, 1.54) is 5.56 Å². The molecule has 5 heteroatoms. The molecular weight excluding hydrogens is 290 g/mol. The highest BCUT2D eigenvalue weighted by Gasteiger charge is 2.24. The summed E-state index contributed by atoms with van der Waals surface area (Å²) in [6.07, 6.45) is 5.71. The number of benzene rings is 1. The summed E-state index contributed by atoms with van der Waals surface area (Å²) in [4.78, 5) is 17.0. The molecule has 0 radical (unpaired) electrons. The SMILES string of the molecule is [2H]C([2H])([2H])N1C(=O)OCc2cc(-c3cncc4c3CCC[C@H]4N)ccc21. The van der Waals surface area contributed by atoms with Gasteiger partial charge in [-0.15, -0.1) is 0 Å². The maximum atomic E-state index is 11.9. The second-order valence-electron chi connectivity index (χ2n) is 5.99. The van der Waals surface area contributed by atoms with Crippen molar-refractivity contribution in [1.29, 1.82) is 0 Å². The Hall–Kier alpha value is -2.40. The fourth-order valence-corrected chi connectivity index (χ4v) is 3.39. The van der Waals surface area contributed by atoms with Gasteiger partial charge in [-0.3, -0.25) is 9.88 Å². The quantitative estimate of drug-likeness (QED) is 0.878. The van der Waals surface area contributed by atoms with Crippen molar-refractivity contribution in [3.8, 4) is 11.1 Å². The smallest absolute Gasteiger partial charge is 0.414 e. The lowest BCUT2D eigenvalue weighted by atomic mass is 9.85. The predicted octanol–water partition coefficient (Wildman–Crippen LogP) is 3.17. The second-order valence-corrected chi connectivity index (χ2v) is 5.99. The number of cyclic esters (lactones) is 1. The van der Waals surface area contributed by atoms with Crippen molar-refractivity contribution in [2.45, 2.75) is 31.9 Å². The summed E-state index contributed by atoms with van der Waals surface area (Å²) in [6.45, 7) is -2.54. The Kier molecular flexibility index (Phi) is 2.60. The van der Waals surface area contributed by atoms with Gasteiger partial charge >= 0.3 is 6.09 Å². The van der Waals surface area contributed by atoms with E-state index in [-0.39, 0.29) is 12.6 Å². The van der Waals surface area contributed by atoms with Crippen molar-refractivity contribution in [1.82, 2.24) is 4.98 Å². The molecule has 1 amide bonds. The van der Waals surface area contributed by atoms with Crippen LogP contribution in [-0.2, 0) is 17.8 Å². The average Bonchev–Trinajstić information content (AvgIpc) is 2.60. The van der Waals surface area contributed by atoms with Crippen LogP contribution in [0.4, 0.5) is 10.5 Å². The predicted molar refractivity (Wildman–Crippen MR) is 88.1 cm³/mol. The van der Waals surface area contributed by atoms with Crippen molar-refractivity contribution in [2.75, 3.05) is 11.9 Å². The lowest BCUT2D eigenvalue weighted by Crippen LogP contribution is -2.31. The summed E-state index contributed by atoms with van der Waals surface area (Å²) in [5.41, 5.74) is 11.4. The zero-order valence-corrected chi connectivity index (χ0v) is 12.6. The maximum absolute atomic E-state index is 11.9. The van der Waals surface area contributed by atoms with Crippen molar-refractivity contribution in [2.24, 2.45) is 5.73 Å². The first-order valence-electron chi connectivity index (χ1n) is 9.19. The van der Waals surface area contributed by atoms with Gasteiger partial charge in [-0.2, -0.15) is 0 Å². The lowest BCUT2D eigenvalue weighted by molar-refractivity contribution is 0.143. The first kappa shape index (κ1) is 11.2. The number of ether oxygens (including phenoxy) is 1. The van der Waals surface area contributed by atoms with E-state index in [4.69, 9.17) is 14.6 Å². The topological polar surface area (TPSA) is 68.5 Å². The molecule has 1 aromatic heterocycles. The van der Waals surface area contributed by atoms with Crippen molar-refractivity contribution in [3.05, 3.63) is 47.3 Å². The number of anilines is 1. The molecular formula is C18H19N3O2. The maximum Gasteiger partial charge on any atom is 0.414 e. The van der Waals surface area contributed by atoms with Gasteiger partial charge in [0.05, 0.1) is 5.69 Å². The molecule has 1 aliphatic heterocycles. The number of aromatic nitrogens is 1. The normalized spacial score (nSPS) is 22.3. The third kappa shape index (κ3) is 2.28. The standard InChI is InChI=1S/C18H19N3O2/c1-21-17-6-5-11(7-12(17)10-23-18(21)22)14-8-20-9-15-13(14)3-2-4-16(15)19/h5-9,16H,2-4,10,19H2,1H3/t16-/m1/s1/i1D3. The molecule has 2 heterocycles. The number of pyridine rings is 1. The van der Waals surface area contributed by atoms with E-state index in [0.717, 1.165) is 40.9 Å². The molecule has 0 bridgehead atoms. The zero-order chi connectivity index (χ0) is 18.5. The van der Waals surface area contributed by atoms with Crippen molar-refractivity contribution in [3.63, 3.8) is 0 Å². The fraction of sp³-hybridized carbons (Fsp3) is 0.333. The first-order valence-corrected chi connectivity index (χ1v) is 7.69. The minimum Gasteiger partial charge on any atom is -0.444 e. The molecule has 2 aliphatic rings. The highest BCUT2D eigenvalue weighted by atomic mass is 16.6. The highest BCUT2D eigenvalue weighted by molar-refractivity contribution is 5.90. The van der Waals surface area contributed by atoms with Crippen molar-refractivity contribution >= 4 is 11.8 Å². The van der Waals surface area contributed by atoms with Crippen LogP contribution in [0.3, 0.4) is 0 Å². The molecule has 0 saturated heterocycles. The van der Waals surface area contributed by atoms with Gasteiger partial charge in [0.15, 0.2) is 0 Å². The van der Waals surface area contributed by atoms with Crippen LogP contribution in [0.5, 0.6) is 0 Å². The molecule has 0 unspecified atom stereocenters. The number of nitrogens with two attached hydrogens (primary N) is 1.